The smallest absolute Gasteiger partial charge is 0.270 e. The molecule has 0 aromatic carbocycles. The first-order chi connectivity index (χ1) is 9.63. The molecule has 112 valence electrons. The minimum Gasteiger partial charge on any atom is -0.383 e. The molecular formula is C13H23N5O2. The zero-order chi connectivity index (χ0) is 14.8. The third-order valence-electron chi connectivity index (χ3n) is 2.55. The number of aromatic nitrogens is 2. The summed E-state index contributed by atoms with van der Waals surface area (Å²) in [4.78, 5) is 22.2. The van der Waals surface area contributed by atoms with Gasteiger partial charge in [-0.05, 0) is 33.1 Å². The Morgan fingerprint density at radius 3 is 2.90 bits per heavy atom. The van der Waals surface area contributed by atoms with Crippen LogP contribution in [0.1, 0.15) is 16.9 Å². The highest BCUT2D eigenvalue weighted by Crippen LogP contribution is 2.00. The Morgan fingerprint density at radius 2 is 2.20 bits per heavy atom. The summed E-state index contributed by atoms with van der Waals surface area (Å²) in [6.45, 7) is 2.70. The van der Waals surface area contributed by atoms with Gasteiger partial charge in [-0.1, -0.05) is 0 Å². The summed E-state index contributed by atoms with van der Waals surface area (Å²) in [7, 11) is 5.65. The maximum absolute atomic E-state index is 11.8. The lowest BCUT2D eigenvalue weighted by Crippen LogP contribution is -2.28. The molecule has 0 radical (unpaired) electrons. The molecular weight excluding hydrogens is 258 g/mol. The SMILES string of the molecule is COCCNC(=O)c1ccnc(NCCCN(C)C)n1. The lowest BCUT2D eigenvalue weighted by atomic mass is 10.3. The number of nitrogens with one attached hydrogen (secondary N) is 2. The Morgan fingerprint density at radius 1 is 1.40 bits per heavy atom. The Balaban J connectivity index is 2.42. The summed E-state index contributed by atoms with van der Waals surface area (Å²) < 4.78 is 4.87. The van der Waals surface area contributed by atoms with Crippen LogP contribution in [-0.4, -0.2) is 68.2 Å². The zero-order valence-electron chi connectivity index (χ0n) is 12.3. The number of rotatable bonds is 9. The molecule has 0 aliphatic heterocycles. The molecule has 0 saturated heterocycles. The molecule has 1 rings (SSSR count). The lowest BCUT2D eigenvalue weighted by Gasteiger charge is -2.10. The largest absolute Gasteiger partial charge is 0.383 e. The second kappa shape index (κ2) is 9.22. The molecule has 20 heavy (non-hydrogen) atoms. The topological polar surface area (TPSA) is 79.4 Å². The van der Waals surface area contributed by atoms with Crippen molar-refractivity contribution in [1.29, 1.82) is 0 Å². The van der Waals surface area contributed by atoms with Crippen molar-refractivity contribution in [1.82, 2.24) is 20.2 Å². The molecule has 0 fully saturated rings. The van der Waals surface area contributed by atoms with Crippen molar-refractivity contribution in [2.45, 2.75) is 6.42 Å². The van der Waals surface area contributed by atoms with Gasteiger partial charge < -0.3 is 20.3 Å². The van der Waals surface area contributed by atoms with E-state index < -0.39 is 0 Å². The Labute approximate surface area is 119 Å². The lowest BCUT2D eigenvalue weighted by molar-refractivity contribution is 0.0932. The molecule has 1 heterocycles. The predicted octanol–water partition coefficient (Wildman–Crippen LogP) is 0.216. The van der Waals surface area contributed by atoms with Gasteiger partial charge in [0.1, 0.15) is 5.69 Å². The summed E-state index contributed by atoms with van der Waals surface area (Å²) >= 11 is 0. The van der Waals surface area contributed by atoms with Crippen LogP contribution in [0.2, 0.25) is 0 Å². The number of carbonyl (C=O) groups excluding carboxylic acids is 1. The van der Waals surface area contributed by atoms with Gasteiger partial charge in [-0.2, -0.15) is 0 Å². The minimum absolute atomic E-state index is 0.221. The van der Waals surface area contributed by atoms with Gasteiger partial charge in [-0.3, -0.25) is 4.79 Å². The number of hydrogen-bond donors (Lipinski definition) is 2. The van der Waals surface area contributed by atoms with Crippen LogP contribution in [0.15, 0.2) is 12.3 Å². The number of ether oxygens (including phenoxy) is 1. The van der Waals surface area contributed by atoms with Crippen LogP contribution in [0, 0.1) is 0 Å². The van der Waals surface area contributed by atoms with E-state index in [-0.39, 0.29) is 5.91 Å². The Hall–Kier alpha value is -1.73. The van der Waals surface area contributed by atoms with Gasteiger partial charge in [0.05, 0.1) is 6.61 Å². The third-order valence-corrected chi connectivity index (χ3v) is 2.55. The highest BCUT2D eigenvalue weighted by molar-refractivity contribution is 5.92. The third kappa shape index (κ3) is 6.44. The van der Waals surface area contributed by atoms with Crippen molar-refractivity contribution in [3.05, 3.63) is 18.0 Å². The quantitative estimate of drug-likeness (QED) is 0.630. The van der Waals surface area contributed by atoms with Crippen LogP contribution in [-0.2, 0) is 4.74 Å². The molecule has 0 atom stereocenters. The predicted molar refractivity (Wildman–Crippen MR) is 77.9 cm³/mol. The van der Waals surface area contributed by atoms with Crippen LogP contribution in [0.25, 0.3) is 0 Å². The van der Waals surface area contributed by atoms with Crippen molar-refractivity contribution < 1.29 is 9.53 Å². The number of carbonyl (C=O) groups is 1. The molecule has 7 nitrogen and oxygen atoms in total. The van der Waals surface area contributed by atoms with Crippen LogP contribution in [0.4, 0.5) is 5.95 Å². The first-order valence-corrected chi connectivity index (χ1v) is 6.62. The first-order valence-electron chi connectivity index (χ1n) is 6.62. The van der Waals surface area contributed by atoms with Crippen molar-refractivity contribution in [3.8, 4) is 0 Å². The number of hydrogen-bond acceptors (Lipinski definition) is 6. The van der Waals surface area contributed by atoms with E-state index in [9.17, 15) is 4.79 Å². The zero-order valence-corrected chi connectivity index (χ0v) is 12.3. The number of nitrogens with zero attached hydrogens (tertiary/aromatic N) is 3. The number of anilines is 1. The van der Waals surface area contributed by atoms with Crippen molar-refractivity contribution in [2.24, 2.45) is 0 Å². The Kier molecular flexibility index (Phi) is 7.52. The highest BCUT2D eigenvalue weighted by Gasteiger charge is 2.07. The van der Waals surface area contributed by atoms with Crippen LogP contribution >= 0.6 is 0 Å². The molecule has 0 bridgehead atoms. The van der Waals surface area contributed by atoms with Crippen molar-refractivity contribution in [2.75, 3.05) is 52.8 Å². The summed E-state index contributed by atoms with van der Waals surface area (Å²) in [6, 6.07) is 1.59. The van der Waals surface area contributed by atoms with Crippen molar-refractivity contribution in [3.63, 3.8) is 0 Å². The molecule has 1 amide bonds. The normalized spacial score (nSPS) is 10.6. The molecule has 7 heteroatoms. The first kappa shape index (κ1) is 16.3. The van der Waals surface area contributed by atoms with Gasteiger partial charge in [0.25, 0.3) is 5.91 Å². The average molecular weight is 281 g/mol. The van der Waals surface area contributed by atoms with E-state index in [4.69, 9.17) is 4.74 Å². The van der Waals surface area contributed by atoms with Gasteiger partial charge in [0, 0.05) is 26.4 Å². The fraction of sp³-hybridized carbons (Fsp3) is 0.615. The van der Waals surface area contributed by atoms with Crippen LogP contribution in [0.5, 0.6) is 0 Å². The van der Waals surface area contributed by atoms with E-state index in [2.05, 4.69) is 25.5 Å². The van der Waals surface area contributed by atoms with Gasteiger partial charge in [-0.15, -0.1) is 0 Å². The average Bonchev–Trinajstić information content (AvgIpc) is 2.44. The van der Waals surface area contributed by atoms with E-state index >= 15 is 0 Å². The summed E-state index contributed by atoms with van der Waals surface area (Å²) in [5.74, 6) is 0.254. The van der Waals surface area contributed by atoms with Gasteiger partial charge in [0.15, 0.2) is 0 Å². The van der Waals surface area contributed by atoms with Gasteiger partial charge in [-0.25, -0.2) is 9.97 Å². The van der Waals surface area contributed by atoms with Gasteiger partial charge in [0.2, 0.25) is 5.95 Å². The van der Waals surface area contributed by atoms with Crippen LogP contribution in [0.3, 0.4) is 0 Å². The molecule has 0 unspecified atom stereocenters. The molecule has 0 spiro atoms. The molecule has 0 aliphatic rings. The van der Waals surface area contributed by atoms with Gasteiger partial charge >= 0.3 is 0 Å². The summed E-state index contributed by atoms with van der Waals surface area (Å²) in [5, 5.41) is 5.83. The monoisotopic (exact) mass is 281 g/mol. The van der Waals surface area contributed by atoms with E-state index in [1.165, 1.54) is 0 Å². The standard InChI is InChI=1S/C13H23N5O2/c1-18(2)9-4-6-15-13-16-7-5-11(17-13)12(19)14-8-10-20-3/h5,7H,4,6,8-10H2,1-3H3,(H,14,19)(H,15,16,17). The molecule has 0 aliphatic carbocycles. The molecule has 0 saturated carbocycles. The van der Waals surface area contributed by atoms with E-state index in [1.807, 2.05) is 14.1 Å². The fourth-order valence-corrected chi connectivity index (χ4v) is 1.52. The fourth-order valence-electron chi connectivity index (χ4n) is 1.52. The number of methoxy groups -OCH3 is 1. The Bertz CT molecular complexity index is 412. The second-order valence-electron chi connectivity index (χ2n) is 4.60. The van der Waals surface area contributed by atoms with Crippen LogP contribution < -0.4 is 10.6 Å². The molecule has 1 aromatic heterocycles. The maximum atomic E-state index is 11.8. The number of amides is 1. The molecule has 2 N–H and O–H groups in total. The second-order valence-corrected chi connectivity index (χ2v) is 4.60. The van der Waals surface area contributed by atoms with E-state index in [0.29, 0.717) is 24.8 Å². The molecule has 1 aromatic rings. The highest BCUT2D eigenvalue weighted by atomic mass is 16.5. The minimum atomic E-state index is -0.221. The summed E-state index contributed by atoms with van der Waals surface area (Å²) in [6.07, 6.45) is 2.56. The van der Waals surface area contributed by atoms with E-state index in [0.717, 1.165) is 19.5 Å². The summed E-state index contributed by atoms with van der Waals surface area (Å²) in [5.41, 5.74) is 0.353. The maximum Gasteiger partial charge on any atom is 0.270 e. The van der Waals surface area contributed by atoms with E-state index in [1.54, 1.807) is 19.4 Å². The van der Waals surface area contributed by atoms with Crippen molar-refractivity contribution >= 4 is 11.9 Å².